The third-order valence-electron chi connectivity index (χ3n) is 2.53. The van der Waals surface area contributed by atoms with E-state index in [0.717, 1.165) is 12.2 Å². The van der Waals surface area contributed by atoms with Crippen molar-refractivity contribution >= 4 is 23.4 Å². The van der Waals surface area contributed by atoms with Crippen molar-refractivity contribution < 1.29 is 0 Å². The van der Waals surface area contributed by atoms with Crippen LogP contribution in [0, 0.1) is 5.92 Å². The van der Waals surface area contributed by atoms with Crippen molar-refractivity contribution in [3.05, 3.63) is 11.2 Å². The zero-order chi connectivity index (χ0) is 12.3. The zero-order valence-corrected chi connectivity index (χ0v) is 11.0. The molecule has 2 N–H and O–H groups in total. The Bertz CT molecular complexity index is 334. The molecule has 90 valence electrons. The third-order valence-corrected chi connectivity index (χ3v) is 2.73. The number of nitrogen functional groups attached to an aromatic ring is 1. The second kappa shape index (κ2) is 5.34. The molecule has 0 aliphatic rings. The van der Waals surface area contributed by atoms with Crippen LogP contribution in [-0.2, 0) is 0 Å². The number of hydrogen-bond donors (Lipinski definition) is 1. The predicted molar refractivity (Wildman–Crippen MR) is 68.8 cm³/mol. The average molecular weight is 243 g/mol. The van der Waals surface area contributed by atoms with E-state index in [9.17, 15) is 0 Å². The molecule has 5 heteroatoms. The van der Waals surface area contributed by atoms with E-state index >= 15 is 0 Å². The SMILES string of the molecule is CC(C)C[C@H](C)N(C)c1cc(Cl)nc(N)n1. The average Bonchev–Trinajstić information content (AvgIpc) is 2.13. The molecule has 0 aliphatic carbocycles. The summed E-state index contributed by atoms with van der Waals surface area (Å²) in [5.41, 5.74) is 5.57. The Hall–Kier alpha value is -1.03. The van der Waals surface area contributed by atoms with Crippen molar-refractivity contribution in [3.8, 4) is 0 Å². The standard InChI is InChI=1S/C11H19ClN4/c1-7(2)5-8(3)16(4)10-6-9(12)14-11(13)15-10/h6-8H,5H2,1-4H3,(H2,13,14,15)/t8-/m0/s1. The fourth-order valence-corrected chi connectivity index (χ4v) is 1.85. The summed E-state index contributed by atoms with van der Waals surface area (Å²) in [6.45, 7) is 6.56. The lowest BCUT2D eigenvalue weighted by atomic mass is 10.0. The summed E-state index contributed by atoms with van der Waals surface area (Å²) in [5.74, 6) is 1.63. The van der Waals surface area contributed by atoms with Gasteiger partial charge in [-0.05, 0) is 19.3 Å². The quantitative estimate of drug-likeness (QED) is 0.825. The summed E-state index contributed by atoms with van der Waals surface area (Å²) in [6, 6.07) is 2.12. The number of hydrogen-bond acceptors (Lipinski definition) is 4. The molecule has 0 amide bonds. The van der Waals surface area contributed by atoms with Crippen molar-refractivity contribution in [3.63, 3.8) is 0 Å². The van der Waals surface area contributed by atoms with Crippen molar-refractivity contribution in [2.75, 3.05) is 17.7 Å². The molecule has 0 unspecified atom stereocenters. The predicted octanol–water partition coefficient (Wildman–Crippen LogP) is 2.58. The third kappa shape index (κ3) is 3.52. The van der Waals surface area contributed by atoms with Crippen LogP contribution in [0.1, 0.15) is 27.2 Å². The molecule has 0 saturated heterocycles. The molecule has 1 aromatic heterocycles. The Morgan fingerprint density at radius 1 is 1.38 bits per heavy atom. The van der Waals surface area contributed by atoms with Gasteiger partial charge in [0.15, 0.2) is 0 Å². The lowest BCUT2D eigenvalue weighted by Crippen LogP contribution is -2.31. The smallest absolute Gasteiger partial charge is 0.223 e. The van der Waals surface area contributed by atoms with Gasteiger partial charge in [0.1, 0.15) is 11.0 Å². The molecule has 0 bridgehead atoms. The molecule has 1 aromatic rings. The summed E-state index contributed by atoms with van der Waals surface area (Å²) < 4.78 is 0. The van der Waals surface area contributed by atoms with Gasteiger partial charge in [0, 0.05) is 19.2 Å². The molecule has 0 aliphatic heterocycles. The summed E-state index contributed by atoms with van der Waals surface area (Å²) in [4.78, 5) is 10.1. The van der Waals surface area contributed by atoms with Gasteiger partial charge in [0.2, 0.25) is 5.95 Å². The first-order valence-corrected chi connectivity index (χ1v) is 5.80. The molecule has 0 spiro atoms. The van der Waals surface area contributed by atoms with E-state index < -0.39 is 0 Å². The van der Waals surface area contributed by atoms with Gasteiger partial charge in [-0.3, -0.25) is 0 Å². The summed E-state index contributed by atoms with van der Waals surface area (Å²) in [5, 5.41) is 0.381. The van der Waals surface area contributed by atoms with Gasteiger partial charge < -0.3 is 10.6 Å². The fraction of sp³-hybridized carbons (Fsp3) is 0.636. The van der Waals surface area contributed by atoms with Gasteiger partial charge in [-0.25, -0.2) is 4.98 Å². The van der Waals surface area contributed by atoms with Gasteiger partial charge in [-0.1, -0.05) is 25.4 Å². The number of nitrogens with two attached hydrogens (primary N) is 1. The van der Waals surface area contributed by atoms with Gasteiger partial charge >= 0.3 is 0 Å². The number of aromatic nitrogens is 2. The van der Waals surface area contributed by atoms with Crippen LogP contribution >= 0.6 is 11.6 Å². The molecule has 4 nitrogen and oxygen atoms in total. The highest BCUT2D eigenvalue weighted by atomic mass is 35.5. The Morgan fingerprint density at radius 3 is 2.50 bits per heavy atom. The Balaban J connectivity index is 2.82. The first kappa shape index (κ1) is 13.0. The number of rotatable bonds is 4. The first-order chi connectivity index (χ1) is 7.40. The molecule has 0 fully saturated rings. The highest BCUT2D eigenvalue weighted by Crippen LogP contribution is 2.20. The molecule has 1 rings (SSSR count). The van der Waals surface area contributed by atoms with Gasteiger partial charge in [-0.15, -0.1) is 0 Å². The molecule has 0 radical (unpaired) electrons. The van der Waals surface area contributed by atoms with Gasteiger partial charge in [-0.2, -0.15) is 4.98 Å². The fourth-order valence-electron chi connectivity index (χ4n) is 1.67. The summed E-state index contributed by atoms with van der Waals surface area (Å²) in [6.07, 6.45) is 1.10. The van der Waals surface area contributed by atoms with Crippen LogP contribution in [0.4, 0.5) is 11.8 Å². The number of halogens is 1. The molecule has 1 atom stereocenters. The Morgan fingerprint density at radius 2 is 2.00 bits per heavy atom. The largest absolute Gasteiger partial charge is 0.368 e. The van der Waals surface area contributed by atoms with Gasteiger partial charge in [0.25, 0.3) is 0 Å². The maximum atomic E-state index is 5.85. The number of nitrogens with zero attached hydrogens (tertiary/aromatic N) is 3. The molecular formula is C11H19ClN4. The van der Waals surface area contributed by atoms with E-state index in [1.54, 1.807) is 6.07 Å². The van der Waals surface area contributed by atoms with Crippen molar-refractivity contribution in [2.24, 2.45) is 5.92 Å². The van der Waals surface area contributed by atoms with Crippen LogP contribution in [0.15, 0.2) is 6.07 Å². The van der Waals surface area contributed by atoms with Crippen LogP contribution in [-0.4, -0.2) is 23.1 Å². The van der Waals surface area contributed by atoms with E-state index in [1.165, 1.54) is 0 Å². The number of anilines is 2. The summed E-state index contributed by atoms with van der Waals surface area (Å²) >= 11 is 5.85. The molecule has 1 heterocycles. The normalized spacial score (nSPS) is 12.9. The minimum atomic E-state index is 0.214. The lowest BCUT2D eigenvalue weighted by Gasteiger charge is -2.27. The summed E-state index contributed by atoms with van der Waals surface area (Å²) in [7, 11) is 1.99. The molecule has 16 heavy (non-hydrogen) atoms. The van der Waals surface area contributed by atoms with Crippen LogP contribution in [0.2, 0.25) is 5.15 Å². The van der Waals surface area contributed by atoms with Crippen molar-refractivity contribution in [2.45, 2.75) is 33.2 Å². The minimum absolute atomic E-state index is 0.214. The Labute approximate surface area is 102 Å². The van der Waals surface area contributed by atoms with Crippen LogP contribution in [0.3, 0.4) is 0 Å². The van der Waals surface area contributed by atoms with Crippen LogP contribution < -0.4 is 10.6 Å². The van der Waals surface area contributed by atoms with Crippen molar-refractivity contribution in [1.82, 2.24) is 9.97 Å². The molecule has 0 saturated carbocycles. The van der Waals surface area contributed by atoms with E-state index in [4.69, 9.17) is 17.3 Å². The lowest BCUT2D eigenvalue weighted by molar-refractivity contribution is 0.502. The maximum Gasteiger partial charge on any atom is 0.223 e. The second-order valence-electron chi connectivity index (χ2n) is 4.50. The van der Waals surface area contributed by atoms with E-state index in [2.05, 4.69) is 35.6 Å². The topological polar surface area (TPSA) is 55.0 Å². The van der Waals surface area contributed by atoms with Crippen LogP contribution in [0.25, 0.3) is 0 Å². The maximum absolute atomic E-state index is 5.85. The van der Waals surface area contributed by atoms with Gasteiger partial charge in [0.05, 0.1) is 0 Å². The monoisotopic (exact) mass is 242 g/mol. The molecular weight excluding hydrogens is 224 g/mol. The Kier molecular flexibility index (Phi) is 4.35. The second-order valence-corrected chi connectivity index (χ2v) is 4.88. The minimum Gasteiger partial charge on any atom is -0.368 e. The highest BCUT2D eigenvalue weighted by Gasteiger charge is 2.14. The van der Waals surface area contributed by atoms with E-state index in [-0.39, 0.29) is 5.95 Å². The van der Waals surface area contributed by atoms with E-state index in [1.807, 2.05) is 7.05 Å². The van der Waals surface area contributed by atoms with Crippen LogP contribution in [0.5, 0.6) is 0 Å². The van der Waals surface area contributed by atoms with Crippen molar-refractivity contribution in [1.29, 1.82) is 0 Å². The highest BCUT2D eigenvalue weighted by molar-refractivity contribution is 6.29. The molecule has 0 aromatic carbocycles. The van der Waals surface area contributed by atoms with E-state index in [0.29, 0.717) is 17.1 Å². The zero-order valence-electron chi connectivity index (χ0n) is 10.2. The first-order valence-electron chi connectivity index (χ1n) is 5.43.